The van der Waals surface area contributed by atoms with Crippen molar-refractivity contribution in [2.45, 2.75) is 50.0 Å². The van der Waals surface area contributed by atoms with E-state index >= 15 is 0 Å². The lowest BCUT2D eigenvalue weighted by Crippen LogP contribution is -2.61. The third-order valence-electron chi connectivity index (χ3n) is 6.26. The van der Waals surface area contributed by atoms with Crippen molar-refractivity contribution < 1.29 is 45.8 Å². The Hall–Kier alpha value is -3.91. The zero-order valence-electron chi connectivity index (χ0n) is 22.5. The average Bonchev–Trinajstić information content (AvgIpc) is 2.89. The lowest BCUT2D eigenvalue weighted by molar-refractivity contribution is -0.274. The third kappa shape index (κ3) is 8.54. The summed E-state index contributed by atoms with van der Waals surface area (Å²) >= 11 is 0. The molecule has 1 heterocycles. The van der Waals surface area contributed by atoms with Gasteiger partial charge in [-0.25, -0.2) is 13.2 Å². The fraction of sp³-hybridized carbons (Fsp3) is 0.370. The van der Waals surface area contributed by atoms with Gasteiger partial charge in [0.25, 0.3) is 0 Å². The van der Waals surface area contributed by atoms with Crippen LogP contribution in [0.25, 0.3) is 0 Å². The summed E-state index contributed by atoms with van der Waals surface area (Å²) in [6.07, 6.45) is -3.53. The number of carboxylic acids is 1. The number of nitrogens with one attached hydrogen (secondary N) is 1. The average molecular weight is 598 g/mol. The monoisotopic (exact) mass is 597 g/mol. The minimum absolute atomic E-state index is 0.0595. The number of hydrogen-bond donors (Lipinski definition) is 2. The van der Waals surface area contributed by atoms with Crippen LogP contribution in [0.15, 0.2) is 65.6 Å². The molecule has 0 bridgehead atoms. The number of ether oxygens (including phenoxy) is 1. The Bertz CT molecular complexity index is 1400. The number of sulfonamides is 1. The molecular weight excluding hydrogens is 567 g/mol. The van der Waals surface area contributed by atoms with Crippen LogP contribution >= 0.6 is 0 Å². The summed E-state index contributed by atoms with van der Waals surface area (Å²) in [6.45, 7) is 5.35. The molecule has 3 rings (SSSR count). The second kappa shape index (κ2) is 12.3. The second-order valence-electron chi connectivity index (χ2n) is 10.3. The topological polar surface area (TPSA) is 133 Å². The second-order valence-corrected chi connectivity index (χ2v) is 12.2. The number of alkyl halides is 3. The zero-order valence-corrected chi connectivity index (χ0v) is 23.3. The molecule has 1 aliphatic heterocycles. The van der Waals surface area contributed by atoms with Crippen LogP contribution in [0.4, 0.5) is 13.2 Å². The van der Waals surface area contributed by atoms with Crippen LogP contribution in [0.5, 0.6) is 5.75 Å². The number of carboxylic acid groups (broad SMARTS) is 1. The Labute approximate surface area is 235 Å². The molecule has 2 N–H and O–H groups in total. The molecule has 1 atom stereocenters. The molecular formula is C27H30F3N3O7S. The molecule has 1 aliphatic rings. The third-order valence-corrected chi connectivity index (χ3v) is 8.19. The summed E-state index contributed by atoms with van der Waals surface area (Å²) in [4.78, 5) is 37.4. The molecule has 2 aromatic rings. The van der Waals surface area contributed by atoms with Gasteiger partial charge in [0.15, 0.2) is 0 Å². The minimum Gasteiger partial charge on any atom is -0.478 e. The van der Waals surface area contributed by atoms with E-state index in [9.17, 15) is 36.0 Å². The fourth-order valence-electron chi connectivity index (χ4n) is 4.09. The smallest absolute Gasteiger partial charge is 0.478 e. The van der Waals surface area contributed by atoms with Crippen LogP contribution in [0, 0.1) is 0 Å². The number of rotatable bonds is 8. The molecule has 10 nitrogen and oxygen atoms in total. The van der Waals surface area contributed by atoms with Crippen LogP contribution in [-0.4, -0.2) is 72.6 Å². The molecule has 0 aliphatic carbocycles. The Morgan fingerprint density at radius 2 is 1.61 bits per heavy atom. The molecule has 41 heavy (non-hydrogen) atoms. The van der Waals surface area contributed by atoms with Gasteiger partial charge in [0, 0.05) is 38.3 Å². The number of nitrogens with zero attached hydrogens (tertiary/aromatic N) is 2. The Morgan fingerprint density at radius 3 is 2.15 bits per heavy atom. The lowest BCUT2D eigenvalue weighted by atomic mass is 9.87. The van der Waals surface area contributed by atoms with Gasteiger partial charge in [0.05, 0.1) is 4.90 Å². The van der Waals surface area contributed by atoms with E-state index in [-0.39, 0.29) is 36.5 Å². The number of piperazine rings is 1. The summed E-state index contributed by atoms with van der Waals surface area (Å²) in [7, 11) is -4.41. The van der Waals surface area contributed by atoms with E-state index in [1.807, 2.05) is 24.3 Å². The normalized spacial score (nSPS) is 16.9. The largest absolute Gasteiger partial charge is 0.573 e. The maximum absolute atomic E-state index is 13.5. The summed E-state index contributed by atoms with van der Waals surface area (Å²) in [6, 6.07) is 9.61. The van der Waals surface area contributed by atoms with Gasteiger partial charge in [-0.1, -0.05) is 45.0 Å². The van der Waals surface area contributed by atoms with E-state index in [0.29, 0.717) is 6.08 Å². The molecule has 1 unspecified atom stereocenters. The first-order valence-electron chi connectivity index (χ1n) is 12.4. The van der Waals surface area contributed by atoms with Crippen LogP contribution in [0.3, 0.4) is 0 Å². The molecule has 14 heteroatoms. The van der Waals surface area contributed by atoms with Gasteiger partial charge in [-0.3, -0.25) is 9.59 Å². The number of halogens is 3. The molecule has 0 radical (unpaired) electrons. The van der Waals surface area contributed by atoms with Crippen LogP contribution < -0.4 is 10.1 Å². The SMILES string of the molecule is CC(C)(C)c1ccc(CNC(=O)C2CN(C(=O)C=CC(=O)O)CCN2S(=O)(=O)c2ccc(OC(F)(F)F)cc2)cc1. The number of benzene rings is 2. The first-order valence-corrected chi connectivity index (χ1v) is 13.9. The molecule has 2 amide bonds. The fourth-order valence-corrected chi connectivity index (χ4v) is 5.66. The maximum Gasteiger partial charge on any atom is 0.573 e. The van der Waals surface area contributed by atoms with Crippen molar-refractivity contribution in [1.82, 2.24) is 14.5 Å². The Morgan fingerprint density at radius 1 is 1.00 bits per heavy atom. The van der Waals surface area contributed by atoms with Gasteiger partial charge in [0.1, 0.15) is 11.8 Å². The first-order chi connectivity index (χ1) is 19.0. The van der Waals surface area contributed by atoms with E-state index in [0.717, 1.165) is 50.7 Å². The van der Waals surface area contributed by atoms with Crippen molar-refractivity contribution in [3.05, 3.63) is 71.8 Å². The van der Waals surface area contributed by atoms with E-state index in [1.165, 1.54) is 0 Å². The van der Waals surface area contributed by atoms with Crippen LogP contribution in [-0.2, 0) is 36.4 Å². The molecule has 222 valence electrons. The summed E-state index contributed by atoms with van der Waals surface area (Å²) in [5.74, 6) is -3.42. The first kappa shape index (κ1) is 31.6. The predicted molar refractivity (Wildman–Crippen MR) is 141 cm³/mol. The lowest BCUT2D eigenvalue weighted by Gasteiger charge is -2.39. The van der Waals surface area contributed by atoms with Crippen molar-refractivity contribution in [2.75, 3.05) is 19.6 Å². The minimum atomic E-state index is -4.96. The highest BCUT2D eigenvalue weighted by molar-refractivity contribution is 7.89. The highest BCUT2D eigenvalue weighted by Crippen LogP contribution is 2.27. The van der Waals surface area contributed by atoms with Gasteiger partial charge in [-0.2, -0.15) is 4.31 Å². The number of aliphatic carboxylic acids is 1. The standard InChI is InChI=1S/C27H30F3N3O7S/c1-26(2,3)19-6-4-18(5-7-19)16-31-25(37)22-17-32(23(34)12-13-24(35)36)14-15-33(22)41(38,39)21-10-8-20(9-11-21)40-27(28,29)30/h4-13,22H,14-17H2,1-3H3,(H,31,37)(H,35,36). The van der Waals surface area contributed by atoms with Crippen molar-refractivity contribution in [3.8, 4) is 5.75 Å². The van der Waals surface area contributed by atoms with Gasteiger partial charge >= 0.3 is 12.3 Å². The molecule has 0 aromatic heterocycles. The molecule has 2 aromatic carbocycles. The zero-order chi connectivity index (χ0) is 30.6. The number of carbonyl (C=O) groups excluding carboxylic acids is 2. The van der Waals surface area contributed by atoms with E-state index in [1.54, 1.807) is 0 Å². The Balaban J connectivity index is 1.84. The molecule has 0 saturated carbocycles. The van der Waals surface area contributed by atoms with Gasteiger partial charge in [-0.05, 0) is 40.8 Å². The number of carbonyl (C=O) groups is 3. The van der Waals surface area contributed by atoms with Crippen LogP contribution in [0.2, 0.25) is 0 Å². The number of amides is 2. The van der Waals surface area contributed by atoms with E-state index in [4.69, 9.17) is 5.11 Å². The van der Waals surface area contributed by atoms with Crippen molar-refractivity contribution >= 4 is 27.8 Å². The van der Waals surface area contributed by atoms with Crippen molar-refractivity contribution in [1.29, 1.82) is 0 Å². The molecule has 1 fully saturated rings. The molecule has 0 spiro atoms. The summed E-state index contributed by atoms with van der Waals surface area (Å²) in [5.41, 5.74) is 1.74. The van der Waals surface area contributed by atoms with E-state index < -0.39 is 46.0 Å². The maximum atomic E-state index is 13.5. The van der Waals surface area contributed by atoms with Gasteiger partial charge < -0.3 is 20.1 Å². The highest BCUT2D eigenvalue weighted by atomic mass is 32.2. The highest BCUT2D eigenvalue weighted by Gasteiger charge is 2.41. The molecule has 1 saturated heterocycles. The van der Waals surface area contributed by atoms with E-state index in [2.05, 4.69) is 30.8 Å². The Kier molecular flexibility index (Phi) is 9.49. The summed E-state index contributed by atoms with van der Waals surface area (Å²) < 4.78 is 69.2. The van der Waals surface area contributed by atoms with Crippen molar-refractivity contribution in [3.63, 3.8) is 0 Å². The summed E-state index contributed by atoms with van der Waals surface area (Å²) in [5, 5.41) is 11.5. The van der Waals surface area contributed by atoms with Crippen LogP contribution in [0.1, 0.15) is 31.9 Å². The van der Waals surface area contributed by atoms with Crippen molar-refractivity contribution in [2.24, 2.45) is 0 Å². The van der Waals surface area contributed by atoms with Gasteiger partial charge in [-0.15, -0.1) is 13.2 Å². The quantitative estimate of drug-likeness (QED) is 0.447. The van der Waals surface area contributed by atoms with Gasteiger partial charge in [0.2, 0.25) is 21.8 Å². The predicted octanol–water partition coefficient (Wildman–Crippen LogP) is 3.04. The number of hydrogen-bond acceptors (Lipinski definition) is 6.